The van der Waals surface area contributed by atoms with Gasteiger partial charge in [-0.25, -0.2) is 4.98 Å². The summed E-state index contributed by atoms with van der Waals surface area (Å²) in [4.78, 5) is 17.3. The smallest absolute Gasteiger partial charge is 0.233 e. The van der Waals surface area contributed by atoms with E-state index >= 15 is 0 Å². The highest BCUT2D eigenvalue weighted by molar-refractivity contribution is 7.14. The minimum atomic E-state index is -0.228. The number of halogens is 1. The van der Waals surface area contributed by atoms with E-state index in [1.54, 1.807) is 0 Å². The quantitative estimate of drug-likeness (QED) is 0.794. The number of amides is 1. The van der Waals surface area contributed by atoms with E-state index in [-0.39, 0.29) is 23.2 Å². The third kappa shape index (κ3) is 4.55. The number of thiazole rings is 1. The van der Waals surface area contributed by atoms with Crippen molar-refractivity contribution in [2.24, 2.45) is 5.92 Å². The summed E-state index contributed by atoms with van der Waals surface area (Å²) in [5.41, 5.74) is 1.94. The fourth-order valence-electron chi connectivity index (χ4n) is 2.37. The van der Waals surface area contributed by atoms with Gasteiger partial charge in [-0.1, -0.05) is 58.4 Å². The number of aromatic nitrogens is 1. The molecule has 1 N–H and O–H groups in total. The van der Waals surface area contributed by atoms with Crippen molar-refractivity contribution < 1.29 is 4.79 Å². The largest absolute Gasteiger partial charge is 0.301 e. The lowest BCUT2D eigenvalue weighted by atomic mass is 9.88. The highest BCUT2D eigenvalue weighted by atomic mass is 35.5. The lowest BCUT2D eigenvalue weighted by molar-refractivity contribution is -0.118. The first kappa shape index (κ1) is 18.0. The molecule has 0 bridgehead atoms. The molecule has 3 nitrogen and oxygen atoms in total. The van der Waals surface area contributed by atoms with E-state index in [0.717, 1.165) is 11.3 Å². The van der Waals surface area contributed by atoms with Crippen LogP contribution in [-0.4, -0.2) is 10.9 Å². The van der Waals surface area contributed by atoms with Gasteiger partial charge >= 0.3 is 0 Å². The van der Waals surface area contributed by atoms with Gasteiger partial charge in [0.15, 0.2) is 5.13 Å². The summed E-state index contributed by atoms with van der Waals surface area (Å²) in [6.07, 6.45) is 0. The molecule has 0 unspecified atom stereocenters. The van der Waals surface area contributed by atoms with Gasteiger partial charge in [-0.15, -0.1) is 11.3 Å². The zero-order chi connectivity index (χ0) is 17.2. The first-order chi connectivity index (χ1) is 10.7. The number of anilines is 1. The highest BCUT2D eigenvalue weighted by Gasteiger charge is 2.25. The summed E-state index contributed by atoms with van der Waals surface area (Å²) >= 11 is 7.41. The van der Waals surface area contributed by atoms with Crippen LogP contribution in [0.25, 0.3) is 0 Å². The van der Waals surface area contributed by atoms with E-state index in [1.165, 1.54) is 11.3 Å². The summed E-state index contributed by atoms with van der Waals surface area (Å²) in [6.45, 7) is 10.4. The molecule has 124 valence electrons. The van der Waals surface area contributed by atoms with Gasteiger partial charge in [0.05, 0.1) is 11.6 Å². The Hall–Kier alpha value is -1.39. The van der Waals surface area contributed by atoms with Crippen molar-refractivity contribution in [2.45, 2.75) is 46.0 Å². The van der Waals surface area contributed by atoms with Gasteiger partial charge in [-0.05, 0) is 23.6 Å². The molecule has 0 spiro atoms. The van der Waals surface area contributed by atoms with Crippen molar-refractivity contribution in [1.82, 2.24) is 4.98 Å². The van der Waals surface area contributed by atoms with Gasteiger partial charge in [0.2, 0.25) is 5.91 Å². The fourth-order valence-corrected chi connectivity index (χ4v) is 3.43. The molecular weight excluding hydrogens is 328 g/mol. The molecule has 0 aliphatic heterocycles. The van der Waals surface area contributed by atoms with Gasteiger partial charge in [0, 0.05) is 15.8 Å². The lowest BCUT2D eigenvalue weighted by Gasteiger charge is -2.20. The van der Waals surface area contributed by atoms with E-state index in [4.69, 9.17) is 11.6 Å². The average molecular weight is 351 g/mol. The topological polar surface area (TPSA) is 42.0 Å². The van der Waals surface area contributed by atoms with Crippen LogP contribution in [0.3, 0.4) is 0 Å². The third-order valence-corrected chi connectivity index (χ3v) is 4.69. The Kier molecular flexibility index (Phi) is 5.48. The van der Waals surface area contributed by atoms with E-state index in [9.17, 15) is 4.79 Å². The summed E-state index contributed by atoms with van der Waals surface area (Å²) < 4.78 is 0. The molecule has 1 heterocycles. The number of nitrogens with one attached hydrogen (secondary N) is 1. The number of benzene rings is 1. The van der Waals surface area contributed by atoms with Gasteiger partial charge in [-0.3, -0.25) is 4.79 Å². The second kappa shape index (κ2) is 7.02. The molecule has 1 aromatic heterocycles. The second-order valence-corrected chi connectivity index (χ2v) is 8.34. The SMILES string of the molecule is CC(C)[C@H](C(=O)Nc1nc(C(C)(C)C)cs1)c1ccc(Cl)cc1. The van der Waals surface area contributed by atoms with Crippen LogP contribution >= 0.6 is 22.9 Å². The lowest BCUT2D eigenvalue weighted by Crippen LogP contribution is -2.25. The van der Waals surface area contributed by atoms with E-state index in [1.807, 2.05) is 43.5 Å². The Balaban J connectivity index is 2.19. The normalized spacial score (nSPS) is 13.2. The van der Waals surface area contributed by atoms with Gasteiger partial charge in [-0.2, -0.15) is 0 Å². The molecule has 0 aliphatic carbocycles. The molecule has 0 fully saturated rings. The molecule has 1 aromatic carbocycles. The molecule has 1 atom stereocenters. The van der Waals surface area contributed by atoms with Crippen LogP contribution in [0.5, 0.6) is 0 Å². The maximum absolute atomic E-state index is 12.7. The van der Waals surface area contributed by atoms with Gasteiger partial charge in [0.1, 0.15) is 0 Å². The highest BCUT2D eigenvalue weighted by Crippen LogP contribution is 2.30. The molecular formula is C18H23ClN2OS. The average Bonchev–Trinajstić information content (AvgIpc) is 2.89. The molecule has 2 aromatic rings. The fraction of sp³-hybridized carbons (Fsp3) is 0.444. The third-order valence-electron chi connectivity index (χ3n) is 3.68. The molecule has 0 saturated carbocycles. The van der Waals surface area contributed by atoms with Crippen LogP contribution in [0, 0.1) is 5.92 Å². The first-order valence-corrected chi connectivity index (χ1v) is 8.96. The Labute approximate surface area is 147 Å². The van der Waals surface area contributed by atoms with Crippen molar-refractivity contribution in [3.63, 3.8) is 0 Å². The van der Waals surface area contributed by atoms with E-state index < -0.39 is 0 Å². The number of hydrogen-bond donors (Lipinski definition) is 1. The van der Waals surface area contributed by atoms with Crippen LogP contribution in [0.4, 0.5) is 5.13 Å². The monoisotopic (exact) mass is 350 g/mol. The van der Waals surface area contributed by atoms with Crippen LogP contribution in [0.15, 0.2) is 29.6 Å². The van der Waals surface area contributed by atoms with Gasteiger partial charge in [0.25, 0.3) is 0 Å². The molecule has 5 heteroatoms. The second-order valence-electron chi connectivity index (χ2n) is 7.05. The predicted octanol–water partition coefficient (Wildman–Crippen LogP) is 5.47. The zero-order valence-electron chi connectivity index (χ0n) is 14.2. The van der Waals surface area contributed by atoms with Crippen LogP contribution < -0.4 is 5.32 Å². The van der Waals surface area contributed by atoms with Gasteiger partial charge < -0.3 is 5.32 Å². The van der Waals surface area contributed by atoms with Crippen LogP contribution in [0.1, 0.15) is 51.8 Å². The van der Waals surface area contributed by atoms with Crippen molar-refractivity contribution in [2.75, 3.05) is 5.32 Å². The summed E-state index contributed by atoms with van der Waals surface area (Å²) in [7, 11) is 0. The summed E-state index contributed by atoms with van der Waals surface area (Å²) in [5.74, 6) is -0.0791. The minimum absolute atomic E-state index is 0.0207. The number of nitrogens with zero attached hydrogens (tertiary/aromatic N) is 1. The number of hydrogen-bond acceptors (Lipinski definition) is 3. The molecule has 0 aliphatic rings. The van der Waals surface area contributed by atoms with E-state index in [2.05, 4.69) is 31.1 Å². The molecule has 1 amide bonds. The Morgan fingerprint density at radius 2 is 1.83 bits per heavy atom. The minimum Gasteiger partial charge on any atom is -0.301 e. The van der Waals surface area contributed by atoms with Crippen molar-refractivity contribution in [1.29, 1.82) is 0 Å². The predicted molar refractivity (Wildman–Crippen MR) is 98.5 cm³/mol. The van der Waals surface area contributed by atoms with Crippen molar-refractivity contribution in [3.05, 3.63) is 45.9 Å². The van der Waals surface area contributed by atoms with Crippen molar-refractivity contribution in [3.8, 4) is 0 Å². The molecule has 0 radical (unpaired) electrons. The van der Waals surface area contributed by atoms with Crippen LogP contribution in [-0.2, 0) is 10.2 Å². The molecule has 23 heavy (non-hydrogen) atoms. The summed E-state index contributed by atoms with van der Waals surface area (Å²) in [5, 5.41) is 6.29. The van der Waals surface area contributed by atoms with Crippen LogP contribution in [0.2, 0.25) is 5.02 Å². The number of carbonyl (C=O) groups is 1. The zero-order valence-corrected chi connectivity index (χ0v) is 15.8. The summed E-state index contributed by atoms with van der Waals surface area (Å²) in [6, 6.07) is 7.46. The maximum atomic E-state index is 12.7. The molecule has 2 rings (SSSR count). The number of rotatable bonds is 4. The first-order valence-electron chi connectivity index (χ1n) is 7.71. The van der Waals surface area contributed by atoms with E-state index in [0.29, 0.717) is 10.2 Å². The van der Waals surface area contributed by atoms with Crippen molar-refractivity contribution >= 4 is 34.0 Å². The Morgan fingerprint density at radius 3 is 2.30 bits per heavy atom. The maximum Gasteiger partial charge on any atom is 0.233 e. The Morgan fingerprint density at radius 1 is 1.22 bits per heavy atom. The number of carbonyl (C=O) groups excluding carboxylic acids is 1. The standard InChI is InChI=1S/C18H23ClN2OS/c1-11(2)15(12-6-8-13(19)9-7-12)16(22)21-17-20-14(10-23-17)18(3,4)5/h6-11,15H,1-5H3,(H,20,21,22)/t15-/m0/s1. The Bertz CT molecular complexity index is 671. The molecule has 0 saturated heterocycles.